The molecule has 33 heavy (non-hydrogen) atoms. The summed E-state index contributed by atoms with van der Waals surface area (Å²) < 4.78 is 21.5. The van der Waals surface area contributed by atoms with E-state index in [2.05, 4.69) is 5.32 Å². The largest absolute Gasteiger partial charge is 0.494 e. The van der Waals surface area contributed by atoms with Gasteiger partial charge in [0.05, 0.1) is 39.2 Å². The minimum atomic E-state index is -0.449. The maximum absolute atomic E-state index is 13.4. The van der Waals surface area contributed by atoms with Crippen LogP contribution in [0, 0.1) is 0 Å². The number of benzene rings is 2. The van der Waals surface area contributed by atoms with Crippen LogP contribution >= 0.6 is 0 Å². The van der Waals surface area contributed by atoms with Gasteiger partial charge in [0, 0.05) is 5.69 Å². The van der Waals surface area contributed by atoms with Gasteiger partial charge in [-0.2, -0.15) is 0 Å². The van der Waals surface area contributed by atoms with Crippen molar-refractivity contribution in [2.24, 2.45) is 0 Å². The molecular formula is C25H24N2O6. The Balaban J connectivity index is 1.74. The molecule has 1 aliphatic heterocycles. The number of furan rings is 1. The lowest BCUT2D eigenvalue weighted by Crippen LogP contribution is -2.31. The highest BCUT2D eigenvalue weighted by molar-refractivity contribution is 6.36. The Morgan fingerprint density at radius 2 is 1.70 bits per heavy atom. The van der Waals surface area contributed by atoms with E-state index < -0.39 is 11.8 Å². The van der Waals surface area contributed by atoms with E-state index in [1.54, 1.807) is 54.6 Å². The van der Waals surface area contributed by atoms with Crippen LogP contribution in [-0.4, -0.2) is 37.5 Å². The van der Waals surface area contributed by atoms with Crippen LogP contribution in [0.3, 0.4) is 0 Å². The van der Waals surface area contributed by atoms with Gasteiger partial charge >= 0.3 is 0 Å². The first kappa shape index (κ1) is 22.0. The third-order valence-electron chi connectivity index (χ3n) is 5.17. The van der Waals surface area contributed by atoms with Crippen LogP contribution in [0.25, 0.3) is 5.57 Å². The van der Waals surface area contributed by atoms with Crippen LogP contribution in [0.1, 0.15) is 18.2 Å². The highest BCUT2D eigenvalue weighted by Gasteiger charge is 2.40. The SMILES string of the molecule is CCOc1ccc(NC2=C(c3ccc(OC)c(OC)c3)C(=O)N(Cc3ccco3)C2=O)cc1. The summed E-state index contributed by atoms with van der Waals surface area (Å²) in [5.74, 6) is 1.31. The summed E-state index contributed by atoms with van der Waals surface area (Å²) in [7, 11) is 3.05. The lowest BCUT2D eigenvalue weighted by molar-refractivity contribution is -0.137. The molecule has 0 aliphatic carbocycles. The number of ether oxygens (including phenoxy) is 3. The number of hydrogen-bond donors (Lipinski definition) is 1. The molecule has 0 saturated carbocycles. The fourth-order valence-electron chi connectivity index (χ4n) is 3.60. The number of amides is 2. The van der Waals surface area contributed by atoms with Gasteiger partial charge < -0.3 is 23.9 Å². The first-order chi connectivity index (χ1) is 16.0. The van der Waals surface area contributed by atoms with Crippen molar-refractivity contribution in [1.82, 2.24) is 4.90 Å². The quantitative estimate of drug-likeness (QED) is 0.493. The average Bonchev–Trinajstić information content (AvgIpc) is 3.43. The minimum Gasteiger partial charge on any atom is -0.494 e. The lowest BCUT2D eigenvalue weighted by Gasteiger charge is -2.14. The number of nitrogens with one attached hydrogen (secondary N) is 1. The van der Waals surface area contributed by atoms with E-state index in [9.17, 15) is 9.59 Å². The normalized spacial score (nSPS) is 13.5. The molecule has 4 rings (SSSR count). The van der Waals surface area contributed by atoms with Gasteiger partial charge in [0.1, 0.15) is 17.2 Å². The van der Waals surface area contributed by atoms with Crippen molar-refractivity contribution in [3.05, 3.63) is 77.9 Å². The second kappa shape index (κ2) is 9.52. The van der Waals surface area contributed by atoms with Gasteiger partial charge in [0.2, 0.25) is 0 Å². The molecule has 0 bridgehead atoms. The fourth-order valence-corrected chi connectivity index (χ4v) is 3.60. The summed E-state index contributed by atoms with van der Waals surface area (Å²) in [5.41, 5.74) is 1.58. The van der Waals surface area contributed by atoms with Gasteiger partial charge in [-0.25, -0.2) is 0 Å². The van der Waals surface area contributed by atoms with Crippen LogP contribution in [0.4, 0.5) is 5.69 Å². The molecule has 3 aromatic rings. The molecule has 0 radical (unpaired) electrons. The smallest absolute Gasteiger partial charge is 0.278 e. The van der Waals surface area contributed by atoms with Gasteiger partial charge in [-0.05, 0) is 61.0 Å². The van der Waals surface area contributed by atoms with E-state index in [-0.39, 0.29) is 17.8 Å². The maximum Gasteiger partial charge on any atom is 0.278 e. The Kier molecular flexibility index (Phi) is 6.35. The number of anilines is 1. The first-order valence-corrected chi connectivity index (χ1v) is 10.4. The molecule has 0 unspecified atom stereocenters. The molecule has 170 valence electrons. The number of methoxy groups -OCH3 is 2. The molecule has 0 spiro atoms. The Morgan fingerprint density at radius 1 is 0.939 bits per heavy atom. The molecule has 0 saturated heterocycles. The van der Waals surface area contributed by atoms with E-state index in [1.807, 2.05) is 6.92 Å². The van der Waals surface area contributed by atoms with Crippen molar-refractivity contribution in [1.29, 1.82) is 0 Å². The van der Waals surface area contributed by atoms with Crippen LogP contribution in [0.15, 0.2) is 71.0 Å². The number of imide groups is 1. The van der Waals surface area contributed by atoms with Crippen LogP contribution in [0.5, 0.6) is 17.2 Å². The van der Waals surface area contributed by atoms with Gasteiger partial charge in [-0.15, -0.1) is 0 Å². The summed E-state index contributed by atoms with van der Waals surface area (Å²) >= 11 is 0. The zero-order valence-corrected chi connectivity index (χ0v) is 18.6. The first-order valence-electron chi connectivity index (χ1n) is 10.4. The molecule has 2 heterocycles. The lowest BCUT2D eigenvalue weighted by atomic mass is 10.0. The Hall–Kier alpha value is -4.20. The molecule has 2 aromatic carbocycles. The van der Waals surface area contributed by atoms with Crippen molar-refractivity contribution >= 4 is 23.1 Å². The summed E-state index contributed by atoms with van der Waals surface area (Å²) in [4.78, 5) is 27.9. The van der Waals surface area contributed by atoms with E-state index in [0.29, 0.717) is 40.9 Å². The third-order valence-corrected chi connectivity index (χ3v) is 5.17. The Labute approximate surface area is 191 Å². The summed E-state index contributed by atoms with van der Waals surface area (Å²) in [5, 5.41) is 3.12. The summed E-state index contributed by atoms with van der Waals surface area (Å²) in [6.07, 6.45) is 1.50. The van der Waals surface area contributed by atoms with Crippen molar-refractivity contribution in [2.75, 3.05) is 26.1 Å². The second-order valence-electron chi connectivity index (χ2n) is 7.18. The number of carbonyl (C=O) groups is 2. The molecule has 2 amide bonds. The van der Waals surface area contributed by atoms with Crippen molar-refractivity contribution in [2.45, 2.75) is 13.5 Å². The Bertz CT molecular complexity index is 1180. The molecule has 8 heteroatoms. The van der Waals surface area contributed by atoms with Crippen LogP contribution in [0.2, 0.25) is 0 Å². The number of carbonyl (C=O) groups excluding carboxylic acids is 2. The van der Waals surface area contributed by atoms with Crippen LogP contribution in [-0.2, 0) is 16.1 Å². The number of hydrogen-bond acceptors (Lipinski definition) is 7. The Morgan fingerprint density at radius 3 is 2.33 bits per heavy atom. The van der Waals surface area contributed by atoms with E-state index in [0.717, 1.165) is 4.90 Å². The molecule has 1 aromatic heterocycles. The predicted octanol–water partition coefficient (Wildman–Crippen LogP) is 4.09. The van der Waals surface area contributed by atoms with Crippen molar-refractivity contribution in [3.63, 3.8) is 0 Å². The molecule has 0 atom stereocenters. The second-order valence-corrected chi connectivity index (χ2v) is 7.18. The van der Waals surface area contributed by atoms with E-state index >= 15 is 0 Å². The van der Waals surface area contributed by atoms with Gasteiger partial charge in [-0.3, -0.25) is 14.5 Å². The maximum atomic E-state index is 13.4. The topological polar surface area (TPSA) is 90.2 Å². The van der Waals surface area contributed by atoms with E-state index in [1.165, 1.54) is 20.5 Å². The zero-order valence-electron chi connectivity index (χ0n) is 18.6. The monoisotopic (exact) mass is 448 g/mol. The molecule has 0 fully saturated rings. The minimum absolute atomic E-state index is 0.0237. The van der Waals surface area contributed by atoms with Crippen molar-refractivity contribution < 1.29 is 28.2 Å². The zero-order chi connectivity index (χ0) is 23.4. The van der Waals surface area contributed by atoms with Gasteiger partial charge in [0.25, 0.3) is 11.8 Å². The summed E-state index contributed by atoms with van der Waals surface area (Å²) in [6, 6.07) is 15.7. The predicted molar refractivity (Wildman–Crippen MR) is 122 cm³/mol. The molecule has 8 nitrogen and oxygen atoms in total. The molecule has 1 N–H and O–H groups in total. The number of rotatable bonds is 9. The standard InChI is InChI=1S/C25H24N2O6/c1-4-32-18-10-8-17(9-11-18)26-23-22(16-7-12-20(30-2)21(14-16)31-3)24(28)27(25(23)29)15-19-6-5-13-33-19/h5-14,26H,4,15H2,1-3H3. The highest BCUT2D eigenvalue weighted by atomic mass is 16.5. The number of nitrogens with zero attached hydrogens (tertiary/aromatic N) is 1. The summed E-state index contributed by atoms with van der Waals surface area (Å²) in [6.45, 7) is 2.48. The van der Waals surface area contributed by atoms with E-state index in [4.69, 9.17) is 18.6 Å². The van der Waals surface area contributed by atoms with Crippen molar-refractivity contribution in [3.8, 4) is 17.2 Å². The average molecular weight is 448 g/mol. The molecular weight excluding hydrogens is 424 g/mol. The fraction of sp³-hybridized carbons (Fsp3) is 0.200. The molecule has 1 aliphatic rings. The third kappa shape index (κ3) is 4.41. The highest BCUT2D eigenvalue weighted by Crippen LogP contribution is 2.36. The van der Waals surface area contributed by atoms with Crippen LogP contribution < -0.4 is 19.5 Å². The van der Waals surface area contributed by atoms with Gasteiger partial charge in [0.15, 0.2) is 11.5 Å². The van der Waals surface area contributed by atoms with Gasteiger partial charge in [-0.1, -0.05) is 6.07 Å².